The number of phosphoric acid groups is 1. The Balaban J connectivity index is 4.14. The van der Waals surface area contributed by atoms with E-state index < -0.39 is 32.5 Å². The number of rotatable bonds is 68. The van der Waals surface area contributed by atoms with Gasteiger partial charge in [0.15, 0.2) is 6.10 Å². The lowest BCUT2D eigenvalue weighted by molar-refractivity contribution is -0.870. The minimum Gasteiger partial charge on any atom is -0.756 e. The van der Waals surface area contributed by atoms with E-state index in [0.29, 0.717) is 23.9 Å². The van der Waals surface area contributed by atoms with Crippen LogP contribution in [0.1, 0.15) is 271 Å². The molecule has 0 aromatic rings. The average Bonchev–Trinajstić information content (AvgIpc) is 1.23. The van der Waals surface area contributed by atoms with E-state index in [9.17, 15) is 19.0 Å². The number of likely N-dealkylation sites (N-methyl/N-ethyl adjacent to an activating group) is 1. The van der Waals surface area contributed by atoms with Crippen LogP contribution in [0.2, 0.25) is 0 Å². The smallest absolute Gasteiger partial charge is 0.306 e. The number of ether oxygens (including phenoxy) is 2. The number of quaternary nitrogens is 1. The van der Waals surface area contributed by atoms with Crippen molar-refractivity contribution in [2.45, 2.75) is 277 Å². The van der Waals surface area contributed by atoms with Crippen molar-refractivity contribution in [3.63, 3.8) is 0 Å². The van der Waals surface area contributed by atoms with E-state index in [1.54, 1.807) is 0 Å². The molecule has 0 heterocycles. The molecule has 0 aliphatic rings. The highest BCUT2D eigenvalue weighted by molar-refractivity contribution is 7.45. The fraction of sp³-hybridized carbons (Fsp3) is 0.568. The summed E-state index contributed by atoms with van der Waals surface area (Å²) in [6.45, 7) is 3.97. The van der Waals surface area contributed by atoms with E-state index in [1.807, 2.05) is 21.1 Å². The van der Waals surface area contributed by atoms with Crippen LogP contribution in [0.25, 0.3) is 0 Å². The fourth-order valence-electron chi connectivity index (χ4n) is 9.70. The number of hydrogen-bond acceptors (Lipinski definition) is 8. The van der Waals surface area contributed by atoms with Gasteiger partial charge in [-0.15, -0.1) is 0 Å². The van der Waals surface area contributed by atoms with E-state index in [1.165, 1.54) is 64.2 Å². The lowest BCUT2D eigenvalue weighted by Crippen LogP contribution is -2.37. The summed E-state index contributed by atoms with van der Waals surface area (Å²) in [4.78, 5) is 38.2. The fourth-order valence-corrected chi connectivity index (χ4v) is 10.4. The van der Waals surface area contributed by atoms with E-state index in [-0.39, 0.29) is 26.1 Å². The van der Waals surface area contributed by atoms with Crippen LogP contribution < -0.4 is 4.89 Å². The van der Waals surface area contributed by atoms with Gasteiger partial charge in [0.05, 0.1) is 27.7 Å². The molecule has 0 aliphatic carbocycles. The number of esters is 2. The molecule has 0 saturated carbocycles. The van der Waals surface area contributed by atoms with Crippen molar-refractivity contribution in [3.05, 3.63) is 219 Å². The van der Waals surface area contributed by atoms with Gasteiger partial charge >= 0.3 is 11.9 Å². The maximum absolute atomic E-state index is 12.9. The first-order chi connectivity index (χ1) is 48.0. The van der Waals surface area contributed by atoms with Gasteiger partial charge in [-0.25, -0.2) is 0 Å². The SMILES string of the molecule is CC/C=C\C/C=C\C/C=C\C/C=C\C/C=C\C/C=C\C/C=C\C/C=C\C/C=C\C/C=C\C/C=C\CCCCCCCC(=O)OC(COC(=O)CCCCCCCCCCCCCCC/C=C\C/C=C\C/C=C\C/C=C\C/C=C\C/C=C\C/C=C\CC)COP(=O)([O-])OCC[N+](C)(C)C. The molecule has 0 rings (SSSR count). The van der Waals surface area contributed by atoms with Crippen molar-refractivity contribution < 1.29 is 42.1 Å². The van der Waals surface area contributed by atoms with Crippen LogP contribution in [-0.2, 0) is 32.7 Å². The second-order valence-electron chi connectivity index (χ2n) is 25.9. The standard InChI is InChI=1S/C88H140NO8P/c1-6-8-10-12-14-16-18-20-22-24-26-28-30-32-34-36-38-40-42-43-44-45-47-49-51-53-55-57-59-61-63-65-67-69-71-73-75-77-79-81-88(91)97-86(85-96-98(92,93)95-83-82-89(3,4)5)84-94-87(90)80-78-76-74-72-70-68-66-64-62-60-58-56-54-52-50-48-46-41-39-37-35-33-31-29-27-25-23-21-19-17-15-13-11-9-7-2/h8-11,14-17,20-23,26-29,32-35,38-41,43-44,47-50,53,55,59,61,65,67,86H,6-7,12-13,18-19,24-25,30-31,36-37,42,45-46,51-52,54,56-58,60,62-64,66,68-85H2,1-5H3/b10-8-,11-9-,16-14-,17-15-,22-20-,23-21-,28-26-,29-27-,34-32-,35-33-,40-38-,41-39-,44-43-,49-47-,50-48-,55-53-,61-59-,67-65-. The van der Waals surface area contributed by atoms with Crippen LogP contribution in [0, 0.1) is 0 Å². The lowest BCUT2D eigenvalue weighted by atomic mass is 10.0. The van der Waals surface area contributed by atoms with Gasteiger partial charge in [0, 0.05) is 12.8 Å². The van der Waals surface area contributed by atoms with Gasteiger partial charge in [0.2, 0.25) is 0 Å². The van der Waals surface area contributed by atoms with Crippen molar-refractivity contribution in [1.82, 2.24) is 0 Å². The molecule has 0 aromatic carbocycles. The molecule has 0 aliphatic heterocycles. The third kappa shape index (κ3) is 79.3. The van der Waals surface area contributed by atoms with Crippen LogP contribution in [0.3, 0.4) is 0 Å². The van der Waals surface area contributed by atoms with Gasteiger partial charge in [0.1, 0.15) is 19.8 Å². The molecule has 98 heavy (non-hydrogen) atoms. The van der Waals surface area contributed by atoms with Crippen molar-refractivity contribution in [3.8, 4) is 0 Å². The maximum atomic E-state index is 12.9. The zero-order chi connectivity index (χ0) is 71.1. The molecule has 0 radical (unpaired) electrons. The zero-order valence-corrected chi connectivity index (χ0v) is 63.5. The number of allylic oxidation sites excluding steroid dienone is 36. The Morgan fingerprint density at radius 3 is 0.816 bits per heavy atom. The van der Waals surface area contributed by atoms with Gasteiger partial charge in [-0.05, 0) is 154 Å². The molecule has 0 fully saturated rings. The first-order valence-corrected chi connectivity index (χ1v) is 39.9. The van der Waals surface area contributed by atoms with Gasteiger partial charge in [-0.1, -0.05) is 322 Å². The molecule has 550 valence electrons. The highest BCUT2D eigenvalue weighted by Gasteiger charge is 2.22. The Bertz CT molecular complexity index is 2460. The molecule has 2 atom stereocenters. The first kappa shape index (κ1) is 92.3. The summed E-state index contributed by atoms with van der Waals surface area (Å²) in [5.74, 6) is -0.869. The zero-order valence-electron chi connectivity index (χ0n) is 62.6. The Kier molecular flexibility index (Phi) is 71.2. The molecular formula is C88H140NO8P. The minimum absolute atomic E-state index is 0.0462. The molecule has 0 saturated heterocycles. The average molecular weight is 1370 g/mol. The Morgan fingerprint density at radius 2 is 0.551 bits per heavy atom. The van der Waals surface area contributed by atoms with Crippen LogP contribution in [-0.4, -0.2) is 70.0 Å². The van der Waals surface area contributed by atoms with E-state index >= 15 is 0 Å². The quantitative estimate of drug-likeness (QED) is 0.0195. The molecule has 0 N–H and O–H groups in total. The molecule has 0 amide bonds. The Morgan fingerprint density at radius 1 is 0.316 bits per heavy atom. The molecule has 10 heteroatoms. The van der Waals surface area contributed by atoms with Crippen LogP contribution in [0.4, 0.5) is 0 Å². The lowest BCUT2D eigenvalue weighted by Gasteiger charge is -2.28. The van der Waals surface area contributed by atoms with E-state index in [4.69, 9.17) is 18.5 Å². The Labute approximate surface area is 601 Å². The molecular weight excluding hydrogens is 1230 g/mol. The number of unbranched alkanes of at least 4 members (excludes halogenated alkanes) is 18. The largest absolute Gasteiger partial charge is 0.756 e. The highest BCUT2D eigenvalue weighted by atomic mass is 31.2. The van der Waals surface area contributed by atoms with Gasteiger partial charge in [-0.2, -0.15) is 0 Å². The summed E-state index contributed by atoms with van der Waals surface area (Å²) in [5, 5.41) is 0. The van der Waals surface area contributed by atoms with Crippen molar-refractivity contribution in [1.29, 1.82) is 0 Å². The second kappa shape index (κ2) is 75.5. The number of nitrogens with zero attached hydrogens (tertiary/aromatic N) is 1. The monoisotopic (exact) mass is 1370 g/mol. The topological polar surface area (TPSA) is 111 Å². The number of carbonyl (C=O) groups is 2. The number of phosphoric ester groups is 1. The summed E-state index contributed by atoms with van der Waals surface area (Å²) in [6, 6.07) is 0. The number of hydrogen-bond donors (Lipinski definition) is 0. The summed E-state index contributed by atoms with van der Waals surface area (Å²) >= 11 is 0. The van der Waals surface area contributed by atoms with E-state index in [0.717, 1.165) is 167 Å². The third-order valence-electron chi connectivity index (χ3n) is 15.5. The van der Waals surface area contributed by atoms with Crippen LogP contribution in [0.5, 0.6) is 0 Å². The van der Waals surface area contributed by atoms with Gasteiger partial charge in [0.25, 0.3) is 7.82 Å². The number of carbonyl (C=O) groups excluding carboxylic acids is 2. The molecule has 0 spiro atoms. The highest BCUT2D eigenvalue weighted by Crippen LogP contribution is 2.38. The maximum Gasteiger partial charge on any atom is 0.306 e. The van der Waals surface area contributed by atoms with Crippen molar-refractivity contribution in [2.24, 2.45) is 0 Å². The summed E-state index contributed by atoms with van der Waals surface area (Å²) in [6.07, 6.45) is 120. The van der Waals surface area contributed by atoms with Gasteiger partial charge < -0.3 is 27.9 Å². The van der Waals surface area contributed by atoms with Crippen molar-refractivity contribution >= 4 is 19.8 Å². The second-order valence-corrected chi connectivity index (χ2v) is 27.3. The van der Waals surface area contributed by atoms with E-state index in [2.05, 4.69) is 233 Å². The first-order valence-electron chi connectivity index (χ1n) is 38.4. The summed E-state index contributed by atoms with van der Waals surface area (Å²) < 4.78 is 34.3. The Hall–Kier alpha value is -5.67. The normalized spacial score (nSPS) is 14.3. The summed E-state index contributed by atoms with van der Waals surface area (Å²) in [5.41, 5.74) is 0. The van der Waals surface area contributed by atoms with Gasteiger partial charge in [-0.3, -0.25) is 14.2 Å². The van der Waals surface area contributed by atoms with Crippen LogP contribution in [0.15, 0.2) is 219 Å². The van der Waals surface area contributed by atoms with Crippen molar-refractivity contribution in [2.75, 3.05) is 47.5 Å². The predicted octanol–water partition coefficient (Wildman–Crippen LogP) is 25.3. The molecule has 9 nitrogen and oxygen atoms in total. The molecule has 2 unspecified atom stereocenters. The summed E-state index contributed by atoms with van der Waals surface area (Å²) in [7, 11) is 1.13. The third-order valence-corrected chi connectivity index (χ3v) is 16.5. The predicted molar refractivity (Wildman–Crippen MR) is 424 cm³/mol. The minimum atomic E-state index is -4.67. The molecule has 0 bridgehead atoms. The van der Waals surface area contributed by atoms with Crippen LogP contribution >= 0.6 is 7.82 Å². The molecule has 0 aromatic heterocycles.